The summed E-state index contributed by atoms with van der Waals surface area (Å²) in [5, 5.41) is 20.7. The lowest BCUT2D eigenvalue weighted by atomic mass is 10.3. The molecule has 0 spiro atoms. The zero-order valence-electron chi connectivity index (χ0n) is 15.2. The maximum absolute atomic E-state index is 12.4. The molecule has 1 amide bonds. The predicted octanol–water partition coefficient (Wildman–Crippen LogP) is 3.16. The van der Waals surface area contributed by atoms with Crippen LogP contribution in [0.2, 0.25) is 0 Å². The van der Waals surface area contributed by atoms with Gasteiger partial charge in [0.05, 0.1) is 5.25 Å². The van der Waals surface area contributed by atoms with E-state index in [-0.39, 0.29) is 11.2 Å². The number of ether oxygens (including phenoxy) is 1. The molecule has 8 nitrogen and oxygen atoms in total. The molecule has 0 radical (unpaired) electrons. The minimum Gasteiger partial charge on any atom is -0.486 e. The first-order chi connectivity index (χ1) is 13.1. The van der Waals surface area contributed by atoms with Crippen molar-refractivity contribution in [2.45, 2.75) is 44.3 Å². The predicted molar refractivity (Wildman–Crippen MR) is 105 cm³/mol. The fraction of sp³-hybridized carbons (Fsp3) is 0.353. The summed E-state index contributed by atoms with van der Waals surface area (Å²) in [6, 6.07) is 9.56. The number of carbonyl (C=O) groups is 1. The second-order valence-corrected chi connectivity index (χ2v) is 8.11. The third-order valence-electron chi connectivity index (χ3n) is 3.63. The Bertz CT molecular complexity index is 896. The Labute approximate surface area is 165 Å². The Balaban J connectivity index is 1.62. The number of hydrogen-bond acceptors (Lipinski definition) is 8. The van der Waals surface area contributed by atoms with Crippen LogP contribution in [0.1, 0.15) is 24.7 Å². The van der Waals surface area contributed by atoms with Crippen LogP contribution in [0.25, 0.3) is 0 Å². The van der Waals surface area contributed by atoms with Gasteiger partial charge in [0.2, 0.25) is 11.0 Å². The van der Waals surface area contributed by atoms with E-state index in [1.165, 1.54) is 23.1 Å². The largest absolute Gasteiger partial charge is 0.486 e. The summed E-state index contributed by atoms with van der Waals surface area (Å²) in [7, 11) is 0. The van der Waals surface area contributed by atoms with E-state index in [0.717, 1.165) is 16.6 Å². The average molecular weight is 405 g/mol. The van der Waals surface area contributed by atoms with Crippen molar-refractivity contribution in [2.24, 2.45) is 0 Å². The molecule has 3 aromatic rings. The van der Waals surface area contributed by atoms with Gasteiger partial charge < -0.3 is 9.30 Å². The number of aryl methyl sites for hydroxylation is 1. The fourth-order valence-electron chi connectivity index (χ4n) is 2.26. The summed E-state index contributed by atoms with van der Waals surface area (Å²) in [5.41, 5.74) is 0. The highest BCUT2D eigenvalue weighted by molar-refractivity contribution is 8.00. The average Bonchev–Trinajstić information content (AvgIpc) is 3.26. The van der Waals surface area contributed by atoms with Gasteiger partial charge in [0, 0.05) is 6.54 Å². The van der Waals surface area contributed by atoms with Crippen molar-refractivity contribution in [3.05, 3.63) is 41.2 Å². The van der Waals surface area contributed by atoms with Gasteiger partial charge in [-0.25, -0.2) is 0 Å². The summed E-state index contributed by atoms with van der Waals surface area (Å²) in [4.78, 5) is 12.4. The number of aromatic nitrogens is 5. The highest BCUT2D eigenvalue weighted by atomic mass is 32.2. The Kier molecular flexibility index (Phi) is 6.40. The van der Waals surface area contributed by atoms with Crippen LogP contribution >= 0.6 is 23.1 Å². The summed E-state index contributed by atoms with van der Waals surface area (Å²) in [5.74, 6) is 1.34. The number of nitrogens with one attached hydrogen (secondary N) is 1. The monoisotopic (exact) mass is 404 g/mol. The van der Waals surface area contributed by atoms with Gasteiger partial charge in [-0.2, -0.15) is 0 Å². The molecule has 0 saturated carbocycles. The zero-order chi connectivity index (χ0) is 19.2. The number of para-hydroxylation sites is 1. The zero-order valence-corrected chi connectivity index (χ0v) is 16.9. The normalized spacial score (nSPS) is 12.0. The van der Waals surface area contributed by atoms with E-state index < -0.39 is 0 Å². The lowest BCUT2D eigenvalue weighted by molar-refractivity contribution is -0.115. The van der Waals surface area contributed by atoms with E-state index in [2.05, 4.69) is 25.7 Å². The van der Waals surface area contributed by atoms with Crippen LogP contribution in [-0.4, -0.2) is 36.1 Å². The van der Waals surface area contributed by atoms with Crippen molar-refractivity contribution in [3.63, 3.8) is 0 Å². The Morgan fingerprint density at radius 2 is 2.04 bits per heavy atom. The first-order valence-electron chi connectivity index (χ1n) is 8.44. The lowest BCUT2D eigenvalue weighted by Gasteiger charge is -2.12. The van der Waals surface area contributed by atoms with Crippen molar-refractivity contribution < 1.29 is 9.53 Å². The molecular weight excluding hydrogens is 384 g/mol. The highest BCUT2D eigenvalue weighted by Gasteiger charge is 2.21. The van der Waals surface area contributed by atoms with Crippen LogP contribution in [0.4, 0.5) is 5.13 Å². The number of anilines is 1. The molecule has 0 bridgehead atoms. The third kappa shape index (κ3) is 5.04. The molecule has 3 rings (SSSR count). The minimum atomic E-state index is -0.355. The summed E-state index contributed by atoms with van der Waals surface area (Å²) in [6.07, 6.45) is 0. The second kappa shape index (κ2) is 8.96. The maximum Gasteiger partial charge on any atom is 0.239 e. The van der Waals surface area contributed by atoms with E-state index in [0.29, 0.717) is 23.4 Å². The molecule has 1 N–H and O–H groups in total. The SMILES string of the molecule is CCn1c(COc2ccccc2)nnc1SC(C)C(=O)Nc1nnc(C)s1. The van der Waals surface area contributed by atoms with Crippen molar-refractivity contribution in [3.8, 4) is 5.75 Å². The van der Waals surface area contributed by atoms with E-state index in [1.54, 1.807) is 0 Å². The molecule has 142 valence electrons. The van der Waals surface area contributed by atoms with E-state index in [4.69, 9.17) is 4.74 Å². The minimum absolute atomic E-state index is 0.149. The summed E-state index contributed by atoms with van der Waals surface area (Å²) >= 11 is 2.69. The van der Waals surface area contributed by atoms with Gasteiger partial charge in [0.15, 0.2) is 11.0 Å². The molecule has 1 unspecified atom stereocenters. The number of carbonyl (C=O) groups excluding carboxylic acids is 1. The highest BCUT2D eigenvalue weighted by Crippen LogP contribution is 2.24. The van der Waals surface area contributed by atoms with Crippen LogP contribution in [0.15, 0.2) is 35.5 Å². The first-order valence-corrected chi connectivity index (χ1v) is 10.1. The number of amides is 1. The maximum atomic E-state index is 12.4. The Hall–Kier alpha value is -2.46. The van der Waals surface area contributed by atoms with Crippen LogP contribution < -0.4 is 10.1 Å². The second-order valence-electron chi connectivity index (χ2n) is 5.62. The van der Waals surface area contributed by atoms with Crippen LogP contribution in [0.3, 0.4) is 0 Å². The smallest absolute Gasteiger partial charge is 0.239 e. The molecule has 27 heavy (non-hydrogen) atoms. The molecule has 0 aliphatic rings. The number of nitrogens with zero attached hydrogens (tertiary/aromatic N) is 5. The molecule has 10 heteroatoms. The van der Waals surface area contributed by atoms with E-state index in [9.17, 15) is 4.79 Å². The van der Waals surface area contributed by atoms with Gasteiger partial charge in [-0.05, 0) is 32.9 Å². The van der Waals surface area contributed by atoms with Crippen LogP contribution in [0, 0.1) is 6.92 Å². The summed E-state index contributed by atoms with van der Waals surface area (Å²) in [6.45, 7) is 6.67. The number of rotatable bonds is 8. The molecule has 1 atom stereocenters. The molecule has 0 aliphatic heterocycles. The number of hydrogen-bond donors (Lipinski definition) is 1. The molecule has 0 aliphatic carbocycles. The van der Waals surface area contributed by atoms with Crippen LogP contribution in [0.5, 0.6) is 5.75 Å². The van der Waals surface area contributed by atoms with Gasteiger partial charge in [-0.3, -0.25) is 10.1 Å². The van der Waals surface area contributed by atoms with Gasteiger partial charge in [0.25, 0.3) is 0 Å². The molecule has 2 heterocycles. The molecule has 0 fully saturated rings. The number of thioether (sulfide) groups is 1. The summed E-state index contributed by atoms with van der Waals surface area (Å²) < 4.78 is 7.71. The van der Waals surface area contributed by atoms with E-state index in [1.807, 2.05) is 55.7 Å². The van der Waals surface area contributed by atoms with Gasteiger partial charge in [-0.15, -0.1) is 20.4 Å². The lowest BCUT2D eigenvalue weighted by Crippen LogP contribution is -2.23. The Morgan fingerprint density at radius 1 is 1.26 bits per heavy atom. The van der Waals surface area contributed by atoms with Gasteiger partial charge in [-0.1, -0.05) is 41.3 Å². The van der Waals surface area contributed by atoms with E-state index >= 15 is 0 Å². The standard InChI is InChI=1S/C17H20N6O2S2/c1-4-23-14(10-25-13-8-6-5-7-9-13)20-22-17(23)26-11(2)15(24)18-16-21-19-12(3)27-16/h5-9,11H,4,10H2,1-3H3,(H,18,21,24). The first kappa shape index (κ1) is 19.3. The molecule has 2 aromatic heterocycles. The topological polar surface area (TPSA) is 94.8 Å². The Morgan fingerprint density at radius 3 is 2.70 bits per heavy atom. The van der Waals surface area contributed by atoms with Gasteiger partial charge in [0.1, 0.15) is 17.4 Å². The fourth-order valence-corrected chi connectivity index (χ4v) is 3.79. The quantitative estimate of drug-likeness (QED) is 0.576. The van der Waals surface area contributed by atoms with Crippen LogP contribution in [-0.2, 0) is 17.9 Å². The molecular formula is C17H20N6O2S2. The van der Waals surface area contributed by atoms with Crippen molar-refractivity contribution >= 4 is 34.1 Å². The van der Waals surface area contributed by atoms with Crippen molar-refractivity contribution in [1.29, 1.82) is 0 Å². The van der Waals surface area contributed by atoms with Gasteiger partial charge >= 0.3 is 0 Å². The third-order valence-corrected chi connectivity index (χ3v) is 5.46. The number of benzene rings is 1. The van der Waals surface area contributed by atoms with Crippen molar-refractivity contribution in [2.75, 3.05) is 5.32 Å². The van der Waals surface area contributed by atoms with Crippen molar-refractivity contribution in [1.82, 2.24) is 25.0 Å². The molecule has 1 aromatic carbocycles. The molecule has 0 saturated heterocycles.